The van der Waals surface area contributed by atoms with Crippen LogP contribution in [-0.2, 0) is 9.59 Å². The summed E-state index contributed by atoms with van der Waals surface area (Å²) >= 11 is 0. The zero-order valence-corrected chi connectivity index (χ0v) is 13.8. The largest absolute Gasteiger partial charge is 0.493 e. The highest BCUT2D eigenvalue weighted by Crippen LogP contribution is 2.25. The lowest BCUT2D eigenvalue weighted by atomic mass is 10.3. The molecule has 1 saturated heterocycles. The second-order valence-corrected chi connectivity index (χ2v) is 5.41. The minimum absolute atomic E-state index is 0.0257. The summed E-state index contributed by atoms with van der Waals surface area (Å²) in [6.45, 7) is 4.34. The molecule has 2 amide bonds. The number of hydrogen-bond acceptors (Lipinski definition) is 4. The van der Waals surface area contributed by atoms with Crippen LogP contribution in [0.15, 0.2) is 24.3 Å². The van der Waals surface area contributed by atoms with Crippen molar-refractivity contribution in [2.45, 2.75) is 19.8 Å². The number of carbonyl (C=O) groups is 2. The predicted molar refractivity (Wildman–Crippen MR) is 86.6 cm³/mol. The Morgan fingerprint density at radius 1 is 1.00 bits per heavy atom. The van der Waals surface area contributed by atoms with Crippen LogP contribution in [0.4, 0.5) is 0 Å². The van der Waals surface area contributed by atoms with Gasteiger partial charge in [0.1, 0.15) is 0 Å². The number of amides is 2. The topological polar surface area (TPSA) is 59.1 Å². The van der Waals surface area contributed by atoms with Crippen molar-refractivity contribution in [3.05, 3.63) is 24.3 Å². The smallest absolute Gasteiger partial charge is 0.260 e. The number of para-hydroxylation sites is 2. The summed E-state index contributed by atoms with van der Waals surface area (Å²) in [6.07, 6.45) is 1.30. The van der Waals surface area contributed by atoms with Gasteiger partial charge in [-0.2, -0.15) is 0 Å². The Bertz CT molecular complexity index is 547. The highest BCUT2D eigenvalue weighted by molar-refractivity contribution is 5.78. The zero-order chi connectivity index (χ0) is 16.7. The van der Waals surface area contributed by atoms with Crippen LogP contribution in [0.25, 0.3) is 0 Å². The molecule has 0 atom stereocenters. The van der Waals surface area contributed by atoms with Gasteiger partial charge in [0.05, 0.1) is 7.11 Å². The molecule has 6 heteroatoms. The first-order chi connectivity index (χ1) is 11.2. The van der Waals surface area contributed by atoms with E-state index < -0.39 is 0 Å². The Labute approximate surface area is 137 Å². The summed E-state index contributed by atoms with van der Waals surface area (Å²) in [7, 11) is 1.57. The fraction of sp³-hybridized carbons (Fsp3) is 0.529. The maximum absolute atomic E-state index is 12.3. The normalized spacial score (nSPS) is 15.0. The quantitative estimate of drug-likeness (QED) is 0.826. The van der Waals surface area contributed by atoms with Crippen molar-refractivity contribution in [2.24, 2.45) is 0 Å². The lowest BCUT2D eigenvalue weighted by molar-refractivity contribution is -0.134. The first-order valence-electron chi connectivity index (χ1n) is 7.97. The van der Waals surface area contributed by atoms with Crippen LogP contribution in [0, 0.1) is 0 Å². The van der Waals surface area contributed by atoms with E-state index in [0.717, 1.165) is 6.42 Å². The molecule has 0 aromatic heterocycles. The minimum atomic E-state index is -0.0679. The highest BCUT2D eigenvalue weighted by Gasteiger charge is 2.21. The molecule has 2 rings (SSSR count). The Kier molecular flexibility index (Phi) is 6.26. The average molecular weight is 320 g/mol. The predicted octanol–water partition coefficient (Wildman–Crippen LogP) is 1.54. The van der Waals surface area contributed by atoms with Gasteiger partial charge in [-0.1, -0.05) is 19.1 Å². The first kappa shape index (κ1) is 17.1. The van der Waals surface area contributed by atoms with Gasteiger partial charge in [0.25, 0.3) is 5.91 Å². The van der Waals surface area contributed by atoms with Gasteiger partial charge in [-0.25, -0.2) is 0 Å². The Balaban J connectivity index is 1.87. The standard InChI is InChI=1S/C17H24N2O4/c1-3-16(20)18-9-6-10-19(12-11-18)17(21)13-23-15-8-5-4-7-14(15)22-2/h4-5,7-8H,3,6,9-13H2,1-2H3. The third-order valence-electron chi connectivity index (χ3n) is 3.92. The number of nitrogens with zero attached hydrogens (tertiary/aromatic N) is 2. The Morgan fingerprint density at radius 2 is 1.61 bits per heavy atom. The molecule has 1 aliphatic rings. The van der Waals surface area contributed by atoms with Crippen LogP contribution in [0.1, 0.15) is 19.8 Å². The van der Waals surface area contributed by atoms with Crippen molar-refractivity contribution >= 4 is 11.8 Å². The van der Waals surface area contributed by atoms with Gasteiger partial charge in [0.15, 0.2) is 18.1 Å². The summed E-state index contributed by atoms with van der Waals surface area (Å²) in [5.41, 5.74) is 0. The molecule has 0 aliphatic carbocycles. The summed E-state index contributed by atoms with van der Waals surface area (Å²) in [5, 5.41) is 0. The molecule has 0 unspecified atom stereocenters. The molecule has 0 saturated carbocycles. The number of rotatable bonds is 5. The lowest BCUT2D eigenvalue weighted by Crippen LogP contribution is -2.39. The monoisotopic (exact) mass is 320 g/mol. The van der Waals surface area contributed by atoms with E-state index in [2.05, 4.69) is 0 Å². The number of carbonyl (C=O) groups excluding carboxylic acids is 2. The molecule has 0 spiro atoms. The second-order valence-electron chi connectivity index (χ2n) is 5.41. The van der Waals surface area contributed by atoms with E-state index in [-0.39, 0.29) is 18.4 Å². The van der Waals surface area contributed by atoms with Crippen molar-refractivity contribution in [3.63, 3.8) is 0 Å². The van der Waals surface area contributed by atoms with Gasteiger partial charge in [-0.15, -0.1) is 0 Å². The molecule has 1 heterocycles. The lowest BCUT2D eigenvalue weighted by Gasteiger charge is -2.22. The summed E-state index contributed by atoms with van der Waals surface area (Å²) in [4.78, 5) is 27.7. The van der Waals surface area contributed by atoms with Crippen molar-refractivity contribution in [1.29, 1.82) is 0 Å². The summed E-state index contributed by atoms with van der Waals surface area (Å²) < 4.78 is 10.8. The van der Waals surface area contributed by atoms with E-state index in [1.807, 2.05) is 24.0 Å². The van der Waals surface area contributed by atoms with Gasteiger partial charge >= 0.3 is 0 Å². The summed E-state index contributed by atoms with van der Waals surface area (Å²) in [5.74, 6) is 1.24. The van der Waals surface area contributed by atoms with Crippen molar-refractivity contribution in [3.8, 4) is 11.5 Å². The van der Waals surface area contributed by atoms with E-state index in [4.69, 9.17) is 9.47 Å². The number of ether oxygens (including phenoxy) is 2. The maximum Gasteiger partial charge on any atom is 0.260 e. The number of hydrogen-bond donors (Lipinski definition) is 0. The highest BCUT2D eigenvalue weighted by atomic mass is 16.5. The van der Waals surface area contributed by atoms with Gasteiger partial charge < -0.3 is 19.3 Å². The SMILES string of the molecule is CCC(=O)N1CCCN(C(=O)COc2ccccc2OC)CC1. The number of benzene rings is 1. The Morgan fingerprint density at radius 3 is 2.22 bits per heavy atom. The van der Waals surface area contributed by atoms with E-state index in [1.165, 1.54) is 0 Å². The van der Waals surface area contributed by atoms with E-state index in [1.54, 1.807) is 24.1 Å². The minimum Gasteiger partial charge on any atom is -0.493 e. The van der Waals surface area contributed by atoms with E-state index in [9.17, 15) is 9.59 Å². The fourth-order valence-electron chi connectivity index (χ4n) is 2.61. The van der Waals surface area contributed by atoms with Crippen molar-refractivity contribution in [1.82, 2.24) is 9.80 Å². The van der Waals surface area contributed by atoms with Crippen LogP contribution in [0.3, 0.4) is 0 Å². The van der Waals surface area contributed by atoms with Crippen molar-refractivity contribution < 1.29 is 19.1 Å². The zero-order valence-electron chi connectivity index (χ0n) is 13.8. The molecule has 6 nitrogen and oxygen atoms in total. The molecule has 1 aliphatic heterocycles. The third-order valence-corrected chi connectivity index (χ3v) is 3.92. The molecular formula is C17H24N2O4. The molecule has 0 N–H and O–H groups in total. The van der Waals surface area contributed by atoms with Gasteiger partial charge in [0, 0.05) is 32.6 Å². The molecule has 0 radical (unpaired) electrons. The average Bonchev–Trinajstić information content (AvgIpc) is 2.85. The maximum atomic E-state index is 12.3. The molecule has 1 aromatic rings. The number of methoxy groups -OCH3 is 1. The molecule has 0 bridgehead atoms. The van der Waals surface area contributed by atoms with Gasteiger partial charge in [0.2, 0.25) is 5.91 Å². The van der Waals surface area contributed by atoms with Crippen molar-refractivity contribution in [2.75, 3.05) is 39.9 Å². The van der Waals surface area contributed by atoms with Crippen LogP contribution < -0.4 is 9.47 Å². The Hall–Kier alpha value is -2.24. The summed E-state index contributed by atoms with van der Waals surface area (Å²) in [6, 6.07) is 7.25. The third kappa shape index (κ3) is 4.61. The fourth-order valence-corrected chi connectivity index (χ4v) is 2.61. The van der Waals surface area contributed by atoms with Crippen LogP contribution in [0.5, 0.6) is 11.5 Å². The van der Waals surface area contributed by atoms with Gasteiger partial charge in [-0.3, -0.25) is 9.59 Å². The van der Waals surface area contributed by atoms with E-state index >= 15 is 0 Å². The van der Waals surface area contributed by atoms with Crippen LogP contribution in [-0.4, -0.2) is 61.5 Å². The first-order valence-corrected chi connectivity index (χ1v) is 7.97. The molecule has 23 heavy (non-hydrogen) atoms. The van der Waals surface area contributed by atoms with Crippen LogP contribution >= 0.6 is 0 Å². The molecule has 1 aromatic carbocycles. The van der Waals surface area contributed by atoms with Crippen LogP contribution in [0.2, 0.25) is 0 Å². The second kappa shape index (κ2) is 8.41. The molecule has 1 fully saturated rings. The molecule has 126 valence electrons. The molecular weight excluding hydrogens is 296 g/mol. The van der Waals surface area contributed by atoms with E-state index in [0.29, 0.717) is 44.1 Å². The van der Waals surface area contributed by atoms with Gasteiger partial charge in [-0.05, 0) is 18.6 Å².